The number of rotatable bonds is 5. The molecule has 0 unspecified atom stereocenters. The fourth-order valence-electron chi connectivity index (χ4n) is 1.35. The maximum absolute atomic E-state index is 11.5. The minimum atomic E-state index is -0.457. The van der Waals surface area contributed by atoms with Gasteiger partial charge in [0.25, 0.3) is 0 Å². The molecule has 7 heteroatoms. The normalized spacial score (nSPS) is 9.67. The van der Waals surface area contributed by atoms with Gasteiger partial charge >= 0.3 is 5.97 Å². The minimum absolute atomic E-state index is 0. The summed E-state index contributed by atoms with van der Waals surface area (Å²) in [5.41, 5.74) is 6.16. The van der Waals surface area contributed by atoms with Crippen LogP contribution in [0.2, 0.25) is 0 Å². The molecule has 0 aliphatic carbocycles. The first kappa shape index (κ1) is 16.9. The lowest BCUT2D eigenvalue weighted by Crippen LogP contribution is -2.04. The van der Waals surface area contributed by atoms with Crippen LogP contribution in [0.15, 0.2) is 10.5 Å². The van der Waals surface area contributed by atoms with Gasteiger partial charge < -0.3 is 14.9 Å². The molecule has 1 heterocycles. The summed E-state index contributed by atoms with van der Waals surface area (Å²) < 4.78 is 10.3. The Morgan fingerprint density at radius 2 is 2.22 bits per heavy atom. The van der Waals surface area contributed by atoms with Crippen molar-refractivity contribution in [3.8, 4) is 0 Å². The molecule has 18 heavy (non-hydrogen) atoms. The summed E-state index contributed by atoms with van der Waals surface area (Å²) in [6, 6.07) is 1.66. The van der Waals surface area contributed by atoms with Crippen LogP contribution in [-0.4, -0.2) is 17.7 Å². The smallest absolute Gasteiger partial charge is 0.374 e. The molecule has 0 saturated heterocycles. The topological polar surface area (TPSA) is 89.3 Å². The number of nitrogens with two attached hydrogens (primary N) is 1. The number of hydrogen-bond acceptors (Lipinski definition) is 5. The van der Waals surface area contributed by atoms with Crippen LogP contribution < -0.4 is 5.73 Å². The number of thioether (sulfide) groups is 1. The molecule has 0 aliphatic heterocycles. The highest BCUT2D eigenvalue weighted by molar-refractivity contribution is 8.13. The number of amidine groups is 1. The molecule has 102 valence electrons. The summed E-state index contributed by atoms with van der Waals surface area (Å²) in [4.78, 5) is 11.5. The van der Waals surface area contributed by atoms with Gasteiger partial charge in [-0.25, -0.2) is 4.79 Å². The molecule has 0 aromatic carbocycles. The average molecular weight is 293 g/mol. The van der Waals surface area contributed by atoms with Crippen LogP contribution in [0.3, 0.4) is 0 Å². The van der Waals surface area contributed by atoms with Crippen LogP contribution in [0.5, 0.6) is 0 Å². The fourth-order valence-corrected chi connectivity index (χ4v) is 1.90. The Hall–Kier alpha value is -1.14. The van der Waals surface area contributed by atoms with Gasteiger partial charge in [0.2, 0.25) is 5.76 Å². The molecule has 0 radical (unpaired) electrons. The second-order valence-electron chi connectivity index (χ2n) is 3.29. The molecule has 0 fully saturated rings. The molecular formula is C11H17ClN2O3S. The van der Waals surface area contributed by atoms with Crippen LogP contribution in [-0.2, 0) is 16.9 Å². The Labute approximate surface area is 116 Å². The zero-order valence-electron chi connectivity index (χ0n) is 10.3. The van der Waals surface area contributed by atoms with Crippen molar-refractivity contribution in [1.29, 1.82) is 5.41 Å². The van der Waals surface area contributed by atoms with Crippen molar-refractivity contribution in [2.45, 2.75) is 26.0 Å². The van der Waals surface area contributed by atoms with Gasteiger partial charge in [-0.15, -0.1) is 12.4 Å². The van der Waals surface area contributed by atoms with E-state index in [0.29, 0.717) is 18.8 Å². The third-order valence-corrected chi connectivity index (χ3v) is 2.84. The van der Waals surface area contributed by atoms with E-state index in [1.807, 2.05) is 6.92 Å². The van der Waals surface area contributed by atoms with E-state index in [4.69, 9.17) is 20.3 Å². The predicted molar refractivity (Wildman–Crippen MR) is 74.5 cm³/mol. The lowest BCUT2D eigenvalue weighted by atomic mass is 10.2. The molecule has 1 aromatic heterocycles. The standard InChI is InChI=1S/C11H16N2O3S.ClH/c1-3-8-7(6-17-11(12)13)5-9(16-8)10(14)15-4-2;/h5H,3-4,6H2,1-2H3,(H3,12,13);1H. The molecule has 0 saturated carbocycles. The summed E-state index contributed by atoms with van der Waals surface area (Å²) in [7, 11) is 0. The number of nitrogens with one attached hydrogen (secondary N) is 1. The van der Waals surface area contributed by atoms with Gasteiger partial charge in [-0.05, 0) is 13.0 Å². The molecule has 1 aromatic rings. The number of ether oxygens (including phenoxy) is 1. The molecular weight excluding hydrogens is 276 g/mol. The molecule has 0 amide bonds. The highest BCUT2D eigenvalue weighted by Gasteiger charge is 2.16. The number of halogens is 1. The first-order valence-corrected chi connectivity index (χ1v) is 6.32. The van der Waals surface area contributed by atoms with Crippen LogP contribution in [0.25, 0.3) is 0 Å². The zero-order valence-corrected chi connectivity index (χ0v) is 12.0. The third-order valence-electron chi connectivity index (χ3n) is 2.08. The Bertz CT molecular complexity index is 420. The van der Waals surface area contributed by atoms with E-state index in [1.54, 1.807) is 13.0 Å². The van der Waals surface area contributed by atoms with Gasteiger partial charge in [-0.1, -0.05) is 18.7 Å². The van der Waals surface area contributed by atoms with Crippen molar-refractivity contribution in [1.82, 2.24) is 0 Å². The Morgan fingerprint density at radius 1 is 1.56 bits per heavy atom. The molecule has 0 bridgehead atoms. The molecule has 0 spiro atoms. The van der Waals surface area contributed by atoms with Gasteiger partial charge in [0.05, 0.1) is 6.61 Å². The summed E-state index contributed by atoms with van der Waals surface area (Å²) in [6.07, 6.45) is 0.688. The van der Waals surface area contributed by atoms with Gasteiger partial charge in [-0.3, -0.25) is 5.41 Å². The van der Waals surface area contributed by atoms with E-state index < -0.39 is 5.97 Å². The van der Waals surface area contributed by atoms with Gasteiger partial charge in [0.15, 0.2) is 5.17 Å². The third kappa shape index (κ3) is 4.62. The SMILES string of the molecule is CCOC(=O)c1cc(CSC(=N)N)c(CC)o1.Cl. The maximum atomic E-state index is 11.5. The molecule has 5 nitrogen and oxygen atoms in total. The van der Waals surface area contributed by atoms with Crippen LogP contribution in [0.4, 0.5) is 0 Å². The van der Waals surface area contributed by atoms with Crippen molar-refractivity contribution in [2.75, 3.05) is 6.61 Å². The second-order valence-corrected chi connectivity index (χ2v) is 4.30. The summed E-state index contributed by atoms with van der Waals surface area (Å²) >= 11 is 1.20. The Morgan fingerprint density at radius 3 is 2.72 bits per heavy atom. The highest BCUT2D eigenvalue weighted by atomic mass is 35.5. The first-order chi connectivity index (χ1) is 8.08. The molecule has 0 atom stereocenters. The number of furan rings is 1. The average Bonchev–Trinajstić information content (AvgIpc) is 2.69. The molecule has 1 rings (SSSR count). The van der Waals surface area contributed by atoms with Crippen LogP contribution >= 0.6 is 24.2 Å². The number of esters is 1. The first-order valence-electron chi connectivity index (χ1n) is 5.34. The lowest BCUT2D eigenvalue weighted by Gasteiger charge is -1.98. The number of aryl methyl sites for hydroxylation is 1. The fraction of sp³-hybridized carbons (Fsp3) is 0.455. The van der Waals surface area contributed by atoms with Gasteiger partial charge in [0.1, 0.15) is 5.76 Å². The number of hydrogen-bond donors (Lipinski definition) is 2. The predicted octanol–water partition coefficient (Wildman–Crippen LogP) is 2.57. The molecule has 0 aliphatic rings. The zero-order chi connectivity index (χ0) is 12.8. The van der Waals surface area contributed by atoms with Crippen molar-refractivity contribution < 1.29 is 13.9 Å². The van der Waals surface area contributed by atoms with Crippen LogP contribution in [0.1, 0.15) is 35.7 Å². The maximum Gasteiger partial charge on any atom is 0.374 e. The van der Waals surface area contributed by atoms with E-state index >= 15 is 0 Å². The number of carbonyl (C=O) groups excluding carboxylic acids is 1. The van der Waals surface area contributed by atoms with E-state index in [1.165, 1.54) is 11.8 Å². The van der Waals surface area contributed by atoms with E-state index in [9.17, 15) is 4.79 Å². The Balaban J connectivity index is 0.00000289. The van der Waals surface area contributed by atoms with Crippen molar-refractivity contribution >= 4 is 35.3 Å². The van der Waals surface area contributed by atoms with Crippen molar-refractivity contribution in [2.24, 2.45) is 5.73 Å². The van der Waals surface area contributed by atoms with E-state index in [-0.39, 0.29) is 23.3 Å². The lowest BCUT2D eigenvalue weighted by molar-refractivity contribution is 0.0488. The van der Waals surface area contributed by atoms with Gasteiger partial charge in [0, 0.05) is 17.7 Å². The summed E-state index contributed by atoms with van der Waals surface area (Å²) in [5.74, 6) is 1.02. The van der Waals surface area contributed by atoms with E-state index in [0.717, 1.165) is 11.3 Å². The van der Waals surface area contributed by atoms with Crippen molar-refractivity contribution in [3.05, 3.63) is 23.2 Å². The quantitative estimate of drug-likeness (QED) is 0.494. The Kier molecular flexibility index (Phi) is 7.54. The van der Waals surface area contributed by atoms with Crippen LogP contribution in [0, 0.1) is 5.41 Å². The largest absolute Gasteiger partial charge is 0.460 e. The van der Waals surface area contributed by atoms with E-state index in [2.05, 4.69) is 0 Å². The monoisotopic (exact) mass is 292 g/mol. The summed E-state index contributed by atoms with van der Waals surface area (Å²) in [6.45, 7) is 4.00. The highest BCUT2D eigenvalue weighted by Crippen LogP contribution is 2.22. The minimum Gasteiger partial charge on any atom is -0.460 e. The number of carbonyl (C=O) groups is 1. The van der Waals surface area contributed by atoms with Crippen molar-refractivity contribution in [3.63, 3.8) is 0 Å². The van der Waals surface area contributed by atoms with Gasteiger partial charge in [-0.2, -0.15) is 0 Å². The molecule has 3 N–H and O–H groups in total. The summed E-state index contributed by atoms with van der Waals surface area (Å²) in [5, 5.41) is 7.19. The second kappa shape index (κ2) is 8.05.